The van der Waals surface area contributed by atoms with Crippen LogP contribution in [0.3, 0.4) is 0 Å². The number of carbonyl (C=O) groups is 2. The Morgan fingerprint density at radius 3 is 2.05 bits per heavy atom. The Labute approximate surface area is 124 Å². The van der Waals surface area contributed by atoms with Gasteiger partial charge in [0, 0.05) is 12.8 Å². The van der Waals surface area contributed by atoms with E-state index < -0.39 is 0 Å². The van der Waals surface area contributed by atoms with Gasteiger partial charge in [-0.2, -0.15) is 0 Å². The Morgan fingerprint density at radius 1 is 0.850 bits per heavy atom. The van der Waals surface area contributed by atoms with Gasteiger partial charge in [-0.15, -0.1) is 0 Å². The standard InChI is InChI=1S/C17H32O3/c1-13(2)7-6-8-15(5)9-10-16(18)11-12-17(19)20-14(3)4/h13-15H,6-12H2,1-5H3. The Hall–Kier alpha value is -0.860. The second kappa shape index (κ2) is 10.9. The zero-order valence-electron chi connectivity index (χ0n) is 13.9. The van der Waals surface area contributed by atoms with Gasteiger partial charge >= 0.3 is 5.97 Å². The van der Waals surface area contributed by atoms with E-state index in [4.69, 9.17) is 4.74 Å². The molecule has 118 valence electrons. The highest BCUT2D eigenvalue weighted by molar-refractivity contribution is 5.82. The van der Waals surface area contributed by atoms with Crippen LogP contribution < -0.4 is 0 Å². The third kappa shape index (κ3) is 12.2. The van der Waals surface area contributed by atoms with E-state index in [-0.39, 0.29) is 24.3 Å². The van der Waals surface area contributed by atoms with Crippen molar-refractivity contribution in [3.63, 3.8) is 0 Å². The molecule has 20 heavy (non-hydrogen) atoms. The third-order valence-electron chi connectivity index (χ3n) is 3.37. The molecule has 0 saturated heterocycles. The molecule has 3 heteroatoms. The highest BCUT2D eigenvalue weighted by atomic mass is 16.5. The summed E-state index contributed by atoms with van der Waals surface area (Å²) >= 11 is 0. The van der Waals surface area contributed by atoms with Crippen molar-refractivity contribution in [2.75, 3.05) is 0 Å². The summed E-state index contributed by atoms with van der Waals surface area (Å²) < 4.78 is 5.01. The maximum absolute atomic E-state index is 11.7. The monoisotopic (exact) mass is 284 g/mol. The van der Waals surface area contributed by atoms with E-state index in [1.54, 1.807) is 0 Å². The summed E-state index contributed by atoms with van der Waals surface area (Å²) in [7, 11) is 0. The summed E-state index contributed by atoms with van der Waals surface area (Å²) in [6, 6.07) is 0. The zero-order valence-corrected chi connectivity index (χ0v) is 13.9. The molecule has 0 aromatic carbocycles. The second-order valence-electron chi connectivity index (χ2n) is 6.55. The van der Waals surface area contributed by atoms with Crippen LogP contribution in [0.5, 0.6) is 0 Å². The molecule has 0 heterocycles. The van der Waals surface area contributed by atoms with Gasteiger partial charge in [-0.25, -0.2) is 0 Å². The molecule has 0 fully saturated rings. The van der Waals surface area contributed by atoms with Gasteiger partial charge in [0.05, 0.1) is 12.5 Å². The van der Waals surface area contributed by atoms with Crippen molar-refractivity contribution in [3.8, 4) is 0 Å². The van der Waals surface area contributed by atoms with E-state index in [0.717, 1.165) is 12.3 Å². The van der Waals surface area contributed by atoms with Crippen molar-refractivity contribution in [1.82, 2.24) is 0 Å². The third-order valence-corrected chi connectivity index (χ3v) is 3.37. The van der Waals surface area contributed by atoms with Crippen LogP contribution in [-0.2, 0) is 14.3 Å². The fourth-order valence-corrected chi connectivity index (χ4v) is 2.11. The maximum atomic E-state index is 11.7. The van der Waals surface area contributed by atoms with Crippen LogP contribution in [0, 0.1) is 11.8 Å². The topological polar surface area (TPSA) is 43.4 Å². The predicted molar refractivity (Wildman–Crippen MR) is 82.6 cm³/mol. The lowest BCUT2D eigenvalue weighted by molar-refractivity contribution is -0.148. The van der Waals surface area contributed by atoms with Crippen LogP contribution in [0.25, 0.3) is 0 Å². The van der Waals surface area contributed by atoms with Gasteiger partial charge in [0.2, 0.25) is 0 Å². The van der Waals surface area contributed by atoms with Crippen molar-refractivity contribution in [3.05, 3.63) is 0 Å². The number of ketones is 1. The van der Waals surface area contributed by atoms with Crippen molar-refractivity contribution >= 4 is 11.8 Å². The number of carbonyl (C=O) groups excluding carboxylic acids is 2. The summed E-state index contributed by atoms with van der Waals surface area (Å²) in [6.45, 7) is 10.3. The molecular formula is C17H32O3. The smallest absolute Gasteiger partial charge is 0.306 e. The molecule has 0 aliphatic rings. The van der Waals surface area contributed by atoms with E-state index in [1.165, 1.54) is 19.3 Å². The molecule has 0 amide bonds. The molecule has 0 saturated carbocycles. The van der Waals surface area contributed by atoms with E-state index in [2.05, 4.69) is 20.8 Å². The molecule has 0 N–H and O–H groups in total. The number of hydrogen-bond donors (Lipinski definition) is 0. The average molecular weight is 284 g/mol. The van der Waals surface area contributed by atoms with Crippen LogP contribution in [-0.4, -0.2) is 17.9 Å². The van der Waals surface area contributed by atoms with Crippen molar-refractivity contribution < 1.29 is 14.3 Å². The van der Waals surface area contributed by atoms with E-state index in [1.807, 2.05) is 13.8 Å². The van der Waals surface area contributed by atoms with Gasteiger partial charge in [-0.1, -0.05) is 40.0 Å². The predicted octanol–water partition coefficient (Wildman–Crippen LogP) is 4.53. The first-order valence-corrected chi connectivity index (χ1v) is 8.02. The highest BCUT2D eigenvalue weighted by Gasteiger charge is 2.11. The van der Waals surface area contributed by atoms with Gasteiger partial charge in [-0.3, -0.25) is 9.59 Å². The van der Waals surface area contributed by atoms with Crippen LogP contribution in [0.1, 0.15) is 79.6 Å². The number of esters is 1. The van der Waals surface area contributed by atoms with E-state index in [0.29, 0.717) is 18.8 Å². The van der Waals surface area contributed by atoms with Crippen LogP contribution >= 0.6 is 0 Å². The summed E-state index contributed by atoms with van der Waals surface area (Å²) in [5.74, 6) is 1.27. The van der Waals surface area contributed by atoms with Gasteiger partial charge in [0.1, 0.15) is 5.78 Å². The maximum Gasteiger partial charge on any atom is 0.306 e. The summed E-state index contributed by atoms with van der Waals surface area (Å²) in [6.07, 6.45) is 5.68. The molecule has 0 spiro atoms. The molecule has 0 radical (unpaired) electrons. The fraction of sp³-hybridized carbons (Fsp3) is 0.882. The van der Waals surface area contributed by atoms with Crippen molar-refractivity contribution in [2.24, 2.45) is 11.8 Å². The van der Waals surface area contributed by atoms with E-state index in [9.17, 15) is 9.59 Å². The summed E-state index contributed by atoms with van der Waals surface area (Å²) in [5.41, 5.74) is 0. The van der Waals surface area contributed by atoms with Crippen molar-refractivity contribution in [1.29, 1.82) is 0 Å². The van der Waals surface area contributed by atoms with E-state index >= 15 is 0 Å². The highest BCUT2D eigenvalue weighted by Crippen LogP contribution is 2.17. The first kappa shape index (κ1) is 19.1. The number of ether oxygens (including phenoxy) is 1. The zero-order chi connectivity index (χ0) is 15.5. The Balaban J connectivity index is 3.64. The first-order chi connectivity index (χ1) is 9.31. The van der Waals surface area contributed by atoms with Crippen LogP contribution in [0.4, 0.5) is 0 Å². The molecule has 0 aromatic heterocycles. The molecule has 3 nitrogen and oxygen atoms in total. The molecule has 0 aromatic rings. The largest absolute Gasteiger partial charge is 0.463 e. The summed E-state index contributed by atoms with van der Waals surface area (Å²) in [4.78, 5) is 23.0. The van der Waals surface area contributed by atoms with Crippen LogP contribution in [0.15, 0.2) is 0 Å². The van der Waals surface area contributed by atoms with Gasteiger partial charge < -0.3 is 4.74 Å². The fourth-order valence-electron chi connectivity index (χ4n) is 2.11. The lowest BCUT2D eigenvalue weighted by Crippen LogP contribution is -2.13. The Morgan fingerprint density at radius 2 is 1.50 bits per heavy atom. The molecule has 0 aliphatic heterocycles. The lowest BCUT2D eigenvalue weighted by Gasteiger charge is -2.12. The molecule has 0 aliphatic carbocycles. The average Bonchev–Trinajstić information content (AvgIpc) is 2.32. The van der Waals surface area contributed by atoms with Gasteiger partial charge in [-0.05, 0) is 32.1 Å². The van der Waals surface area contributed by atoms with Gasteiger partial charge in [0.15, 0.2) is 0 Å². The van der Waals surface area contributed by atoms with Crippen molar-refractivity contribution in [2.45, 2.75) is 85.7 Å². The SMILES string of the molecule is CC(C)CCCC(C)CCC(=O)CCC(=O)OC(C)C. The minimum Gasteiger partial charge on any atom is -0.463 e. The Kier molecular flexibility index (Phi) is 10.4. The number of hydrogen-bond acceptors (Lipinski definition) is 3. The molecule has 1 atom stereocenters. The lowest BCUT2D eigenvalue weighted by atomic mass is 9.94. The normalized spacial score (nSPS) is 12.8. The second-order valence-corrected chi connectivity index (χ2v) is 6.55. The van der Waals surface area contributed by atoms with Crippen LogP contribution in [0.2, 0.25) is 0 Å². The Bertz CT molecular complexity index is 282. The minimum absolute atomic E-state index is 0.0985. The molecule has 0 rings (SSSR count). The quantitative estimate of drug-likeness (QED) is 0.523. The minimum atomic E-state index is -0.265. The number of Topliss-reactive ketones (excluding diaryl/α,β-unsaturated/α-hetero) is 1. The molecule has 0 bridgehead atoms. The first-order valence-electron chi connectivity index (χ1n) is 8.02. The molecule has 1 unspecified atom stereocenters. The number of rotatable bonds is 11. The molecular weight excluding hydrogens is 252 g/mol. The van der Waals surface area contributed by atoms with Gasteiger partial charge in [0.25, 0.3) is 0 Å². The summed E-state index contributed by atoms with van der Waals surface area (Å²) in [5, 5.41) is 0.